The molecule has 0 aromatic heterocycles. The van der Waals surface area contributed by atoms with Gasteiger partial charge in [-0.2, -0.15) is 8.78 Å². The van der Waals surface area contributed by atoms with Crippen molar-refractivity contribution in [3.8, 4) is 11.5 Å². The van der Waals surface area contributed by atoms with Crippen molar-refractivity contribution in [3.05, 3.63) is 58.9 Å². The molecular weight excluding hydrogens is 496 g/mol. The van der Waals surface area contributed by atoms with E-state index in [2.05, 4.69) is 16.4 Å². The molecule has 1 fully saturated rings. The zero-order valence-corrected chi connectivity index (χ0v) is 19.7. The lowest BCUT2D eigenvalue weighted by atomic mass is 9.78. The third kappa shape index (κ3) is 7.74. The fraction of sp³-hybridized carbons (Fsp3) is 0.538. The van der Waals surface area contributed by atoms with Crippen molar-refractivity contribution in [2.24, 2.45) is 11.8 Å². The van der Waals surface area contributed by atoms with Gasteiger partial charge in [-0.25, -0.2) is 13.2 Å². The van der Waals surface area contributed by atoms with Crippen molar-refractivity contribution in [1.29, 1.82) is 0 Å². The normalized spacial score (nSPS) is 18.8. The third-order valence-corrected chi connectivity index (χ3v) is 6.56. The molecule has 3 rings (SSSR count). The Morgan fingerprint density at radius 1 is 0.778 bits per heavy atom. The number of aryl methyl sites for hydroxylation is 1. The Labute approximate surface area is 204 Å². The van der Waals surface area contributed by atoms with Crippen LogP contribution in [0.3, 0.4) is 0 Å². The predicted molar refractivity (Wildman–Crippen MR) is 117 cm³/mol. The summed E-state index contributed by atoms with van der Waals surface area (Å²) < 4.78 is 115. The van der Waals surface area contributed by atoms with Crippen molar-refractivity contribution >= 4 is 0 Å². The molecule has 1 aliphatic carbocycles. The highest BCUT2D eigenvalue weighted by Crippen LogP contribution is 2.38. The predicted octanol–water partition coefficient (Wildman–Crippen LogP) is 9.06. The summed E-state index contributed by atoms with van der Waals surface area (Å²) in [6.45, 7) is 2.17. The average molecular weight is 524 g/mol. The Kier molecular flexibility index (Phi) is 9.11. The van der Waals surface area contributed by atoms with Crippen molar-refractivity contribution in [2.45, 2.75) is 77.2 Å². The van der Waals surface area contributed by atoms with E-state index in [-0.39, 0.29) is 12.1 Å². The van der Waals surface area contributed by atoms with E-state index in [9.17, 15) is 35.1 Å². The van der Waals surface area contributed by atoms with Gasteiger partial charge in [-0.1, -0.05) is 57.9 Å². The summed E-state index contributed by atoms with van der Waals surface area (Å²) in [6, 6.07) is 3.34. The number of halogens is 8. The smallest absolute Gasteiger partial charge is 0.429 e. The van der Waals surface area contributed by atoms with Crippen LogP contribution < -0.4 is 9.47 Å². The number of alkyl halides is 5. The first kappa shape index (κ1) is 28.1. The molecule has 2 aromatic rings. The van der Waals surface area contributed by atoms with Crippen LogP contribution in [0.25, 0.3) is 0 Å². The van der Waals surface area contributed by atoms with Crippen LogP contribution in [0.2, 0.25) is 0 Å². The molecule has 0 atom stereocenters. The lowest BCUT2D eigenvalue weighted by Crippen LogP contribution is -2.24. The Balaban J connectivity index is 1.61. The number of hydrogen-bond donors (Lipinski definition) is 0. The Bertz CT molecular complexity index is 990. The van der Waals surface area contributed by atoms with E-state index in [1.807, 2.05) is 0 Å². The fourth-order valence-corrected chi connectivity index (χ4v) is 4.63. The van der Waals surface area contributed by atoms with Crippen LogP contribution in [0.5, 0.6) is 11.5 Å². The van der Waals surface area contributed by atoms with Crippen molar-refractivity contribution < 1.29 is 44.6 Å². The van der Waals surface area contributed by atoms with Gasteiger partial charge in [-0.15, -0.1) is 13.2 Å². The highest BCUT2D eigenvalue weighted by Gasteiger charge is 2.39. The van der Waals surface area contributed by atoms with Crippen LogP contribution in [0, 0.1) is 29.3 Å². The molecule has 0 aliphatic heterocycles. The van der Waals surface area contributed by atoms with Gasteiger partial charge in [0, 0.05) is 12.1 Å². The standard InChI is InChI=1S/C26H28F8O2/c1-2-3-4-16-5-7-17(8-6-16)9-10-18-11-12-20(21(27)13-18)25(30,31)35-19-14-22(28)24(23(29)15-19)36-26(32,33)34/h11-17H,2-10H2,1H3/t16-,17-. The molecule has 200 valence electrons. The zero-order chi connectivity index (χ0) is 26.5. The minimum atomic E-state index is -5.40. The first-order valence-electron chi connectivity index (χ1n) is 12.0. The minimum Gasteiger partial charge on any atom is -0.429 e. The fourth-order valence-electron chi connectivity index (χ4n) is 4.63. The second kappa shape index (κ2) is 11.7. The van der Waals surface area contributed by atoms with E-state index in [1.54, 1.807) is 0 Å². The Morgan fingerprint density at radius 2 is 1.36 bits per heavy atom. The topological polar surface area (TPSA) is 18.5 Å². The van der Waals surface area contributed by atoms with Gasteiger partial charge in [0.1, 0.15) is 11.6 Å². The van der Waals surface area contributed by atoms with Gasteiger partial charge in [0.2, 0.25) is 5.75 Å². The van der Waals surface area contributed by atoms with Crippen LogP contribution in [-0.4, -0.2) is 6.36 Å². The molecule has 0 N–H and O–H groups in total. The molecular formula is C26H28F8O2. The number of hydrogen-bond acceptors (Lipinski definition) is 2. The summed E-state index contributed by atoms with van der Waals surface area (Å²) in [7, 11) is 0. The maximum Gasteiger partial charge on any atom is 0.573 e. The lowest BCUT2D eigenvalue weighted by molar-refractivity contribution is -0.276. The van der Waals surface area contributed by atoms with E-state index in [0.29, 0.717) is 17.9 Å². The van der Waals surface area contributed by atoms with Crippen LogP contribution in [0.4, 0.5) is 35.1 Å². The van der Waals surface area contributed by atoms with E-state index in [4.69, 9.17) is 0 Å². The molecule has 1 saturated carbocycles. The molecule has 2 aromatic carbocycles. The molecule has 0 heterocycles. The zero-order valence-electron chi connectivity index (χ0n) is 19.7. The summed E-state index contributed by atoms with van der Waals surface area (Å²) in [4.78, 5) is 0. The first-order valence-corrected chi connectivity index (χ1v) is 12.0. The molecule has 0 bridgehead atoms. The van der Waals surface area contributed by atoms with E-state index in [1.165, 1.54) is 38.2 Å². The van der Waals surface area contributed by atoms with Crippen molar-refractivity contribution in [1.82, 2.24) is 0 Å². The first-order chi connectivity index (χ1) is 16.9. The van der Waals surface area contributed by atoms with Gasteiger partial charge in [-0.3, -0.25) is 0 Å². The van der Waals surface area contributed by atoms with Crippen LogP contribution in [0.1, 0.15) is 69.4 Å². The van der Waals surface area contributed by atoms with Gasteiger partial charge in [0.05, 0.1) is 5.56 Å². The summed E-state index contributed by atoms with van der Waals surface area (Å²) in [5, 5.41) is 0. The molecule has 0 unspecified atom stereocenters. The number of ether oxygens (including phenoxy) is 2. The summed E-state index contributed by atoms with van der Waals surface area (Å²) in [5.41, 5.74) is -0.634. The highest BCUT2D eigenvalue weighted by molar-refractivity contribution is 5.36. The minimum absolute atomic E-state index is 0.0985. The Hall–Kier alpha value is -2.52. The average Bonchev–Trinajstić information content (AvgIpc) is 2.78. The maximum atomic E-state index is 14.6. The van der Waals surface area contributed by atoms with Crippen molar-refractivity contribution in [2.75, 3.05) is 0 Å². The summed E-state index contributed by atoms with van der Waals surface area (Å²) in [6.07, 6.45) is -0.199. The van der Waals surface area contributed by atoms with Crippen LogP contribution in [0.15, 0.2) is 30.3 Å². The van der Waals surface area contributed by atoms with Gasteiger partial charge >= 0.3 is 12.5 Å². The largest absolute Gasteiger partial charge is 0.573 e. The van der Waals surface area contributed by atoms with Crippen LogP contribution >= 0.6 is 0 Å². The van der Waals surface area contributed by atoms with E-state index < -0.39 is 47.0 Å². The van der Waals surface area contributed by atoms with Gasteiger partial charge in [0.25, 0.3) is 0 Å². The van der Waals surface area contributed by atoms with Crippen LogP contribution in [-0.2, 0) is 12.5 Å². The van der Waals surface area contributed by atoms with E-state index in [0.717, 1.165) is 37.3 Å². The third-order valence-electron chi connectivity index (χ3n) is 6.56. The number of rotatable bonds is 10. The highest BCUT2D eigenvalue weighted by atomic mass is 19.4. The lowest BCUT2D eigenvalue weighted by Gasteiger charge is -2.28. The van der Waals surface area contributed by atoms with Gasteiger partial charge in [0.15, 0.2) is 11.6 Å². The monoisotopic (exact) mass is 524 g/mol. The molecule has 0 saturated heterocycles. The molecule has 0 spiro atoms. The quantitative estimate of drug-likeness (QED) is 0.289. The maximum absolute atomic E-state index is 14.6. The molecule has 10 heteroatoms. The van der Waals surface area contributed by atoms with Gasteiger partial charge in [-0.05, 0) is 42.4 Å². The molecule has 1 aliphatic rings. The van der Waals surface area contributed by atoms with Crippen molar-refractivity contribution in [3.63, 3.8) is 0 Å². The number of unbranched alkanes of at least 4 members (excludes halogenated alkanes) is 1. The summed E-state index contributed by atoms with van der Waals surface area (Å²) >= 11 is 0. The summed E-state index contributed by atoms with van der Waals surface area (Å²) in [5.74, 6) is -6.77. The van der Waals surface area contributed by atoms with E-state index >= 15 is 0 Å². The molecule has 36 heavy (non-hydrogen) atoms. The molecule has 2 nitrogen and oxygen atoms in total. The SMILES string of the molecule is CCCC[C@H]1CC[C@H](CCc2ccc(C(F)(F)Oc3cc(F)c(OC(F)(F)F)c(F)c3)c(F)c2)CC1. The molecule has 0 radical (unpaired) electrons. The Morgan fingerprint density at radius 3 is 1.89 bits per heavy atom. The van der Waals surface area contributed by atoms with Gasteiger partial charge < -0.3 is 9.47 Å². The number of benzene rings is 2. The molecule has 0 amide bonds. The second-order valence-corrected chi connectivity index (χ2v) is 9.26. The second-order valence-electron chi connectivity index (χ2n) is 9.26.